The van der Waals surface area contributed by atoms with Crippen LogP contribution in [-0.2, 0) is 11.3 Å². The van der Waals surface area contributed by atoms with Crippen LogP contribution in [-0.4, -0.2) is 6.61 Å². The molecule has 1 rings (SSSR count). The van der Waals surface area contributed by atoms with Crippen LogP contribution < -0.4 is 5.73 Å². The van der Waals surface area contributed by atoms with Crippen molar-refractivity contribution in [2.45, 2.75) is 20.0 Å². The van der Waals surface area contributed by atoms with Crippen LogP contribution in [0, 0.1) is 5.82 Å². The molecule has 0 aliphatic rings. The zero-order valence-corrected chi connectivity index (χ0v) is 7.72. The topological polar surface area (TPSA) is 35.2 Å². The molecule has 0 radical (unpaired) electrons. The lowest BCUT2D eigenvalue weighted by Crippen LogP contribution is -1.98. The highest BCUT2D eigenvalue weighted by atomic mass is 19.1. The Hall–Kier alpha value is -1.09. The van der Waals surface area contributed by atoms with Crippen molar-refractivity contribution >= 4 is 5.69 Å². The van der Waals surface area contributed by atoms with Crippen molar-refractivity contribution in [1.29, 1.82) is 0 Å². The Morgan fingerprint density at radius 2 is 2.23 bits per heavy atom. The molecule has 1 aromatic carbocycles. The van der Waals surface area contributed by atoms with Crippen LogP contribution in [0.2, 0.25) is 0 Å². The minimum absolute atomic E-state index is 0.295. The highest BCUT2D eigenvalue weighted by Crippen LogP contribution is 2.12. The minimum Gasteiger partial charge on any atom is -0.399 e. The first kappa shape index (κ1) is 9.99. The summed E-state index contributed by atoms with van der Waals surface area (Å²) in [4.78, 5) is 0. The maximum Gasteiger partial charge on any atom is 0.130 e. The number of nitrogen functional groups attached to an aromatic ring is 1. The second-order valence-electron chi connectivity index (χ2n) is 2.90. The zero-order valence-electron chi connectivity index (χ0n) is 7.72. The van der Waals surface area contributed by atoms with Gasteiger partial charge in [-0.25, -0.2) is 4.39 Å². The van der Waals surface area contributed by atoms with E-state index in [4.69, 9.17) is 10.5 Å². The molecule has 2 nitrogen and oxygen atoms in total. The average Bonchev–Trinajstić information content (AvgIpc) is 2.09. The summed E-state index contributed by atoms with van der Waals surface area (Å²) in [5.74, 6) is -0.295. The van der Waals surface area contributed by atoms with E-state index in [1.54, 1.807) is 12.1 Å². The van der Waals surface area contributed by atoms with Gasteiger partial charge in [-0.3, -0.25) is 0 Å². The van der Waals surface area contributed by atoms with Gasteiger partial charge in [-0.2, -0.15) is 0 Å². The van der Waals surface area contributed by atoms with Crippen LogP contribution in [0.4, 0.5) is 10.1 Å². The fourth-order valence-corrected chi connectivity index (χ4v) is 1.01. The van der Waals surface area contributed by atoms with Crippen LogP contribution in [0.3, 0.4) is 0 Å². The van der Waals surface area contributed by atoms with Crippen LogP contribution in [0.25, 0.3) is 0 Å². The summed E-state index contributed by atoms with van der Waals surface area (Å²) in [6.45, 7) is 2.99. The third-order valence-electron chi connectivity index (χ3n) is 1.68. The third-order valence-corrected chi connectivity index (χ3v) is 1.68. The minimum atomic E-state index is -0.295. The van der Waals surface area contributed by atoms with Crippen LogP contribution in [0.15, 0.2) is 18.2 Å². The summed E-state index contributed by atoms with van der Waals surface area (Å²) in [5.41, 5.74) is 6.40. The van der Waals surface area contributed by atoms with E-state index < -0.39 is 0 Å². The summed E-state index contributed by atoms with van der Waals surface area (Å²) in [6, 6.07) is 4.64. The monoisotopic (exact) mass is 183 g/mol. The quantitative estimate of drug-likeness (QED) is 0.574. The Balaban J connectivity index is 2.56. The Morgan fingerprint density at radius 1 is 1.46 bits per heavy atom. The average molecular weight is 183 g/mol. The smallest absolute Gasteiger partial charge is 0.130 e. The van der Waals surface area contributed by atoms with E-state index in [2.05, 4.69) is 0 Å². The van der Waals surface area contributed by atoms with Gasteiger partial charge in [0.05, 0.1) is 6.61 Å². The highest BCUT2D eigenvalue weighted by molar-refractivity contribution is 5.40. The molecular formula is C10H14FNO. The first-order valence-corrected chi connectivity index (χ1v) is 4.35. The third kappa shape index (κ3) is 3.03. The van der Waals surface area contributed by atoms with E-state index >= 15 is 0 Å². The number of hydrogen-bond acceptors (Lipinski definition) is 2. The number of rotatable bonds is 4. The van der Waals surface area contributed by atoms with Gasteiger partial charge >= 0.3 is 0 Å². The largest absolute Gasteiger partial charge is 0.399 e. The number of hydrogen-bond donors (Lipinski definition) is 1. The Bertz CT molecular complexity index is 276. The molecular weight excluding hydrogens is 169 g/mol. The molecule has 3 heteroatoms. The summed E-state index contributed by atoms with van der Waals surface area (Å²) in [5, 5.41) is 0. The van der Waals surface area contributed by atoms with Gasteiger partial charge in [-0.1, -0.05) is 13.0 Å². The molecule has 0 aliphatic carbocycles. The lowest BCUT2D eigenvalue weighted by atomic mass is 10.2. The SMILES string of the molecule is CCCOCc1ccc(N)cc1F. The molecule has 0 aromatic heterocycles. The van der Waals surface area contributed by atoms with E-state index in [0.29, 0.717) is 24.5 Å². The van der Waals surface area contributed by atoms with Gasteiger partial charge in [0, 0.05) is 17.9 Å². The fraction of sp³-hybridized carbons (Fsp3) is 0.400. The molecule has 0 spiro atoms. The molecule has 0 atom stereocenters. The van der Waals surface area contributed by atoms with Crippen molar-refractivity contribution in [3.05, 3.63) is 29.6 Å². The van der Waals surface area contributed by atoms with Crippen LogP contribution in [0.5, 0.6) is 0 Å². The normalized spacial score (nSPS) is 10.3. The molecule has 0 saturated carbocycles. The molecule has 1 aromatic rings. The standard InChI is InChI=1S/C10H14FNO/c1-2-5-13-7-8-3-4-9(12)6-10(8)11/h3-4,6H,2,5,7,12H2,1H3. The van der Waals surface area contributed by atoms with Crippen LogP contribution >= 0.6 is 0 Å². The highest BCUT2D eigenvalue weighted by Gasteiger charge is 2.01. The maximum absolute atomic E-state index is 13.1. The number of benzene rings is 1. The van der Waals surface area contributed by atoms with Crippen molar-refractivity contribution in [3.63, 3.8) is 0 Å². The zero-order chi connectivity index (χ0) is 9.68. The Morgan fingerprint density at radius 3 is 2.85 bits per heavy atom. The molecule has 0 heterocycles. The van der Waals surface area contributed by atoms with E-state index in [-0.39, 0.29) is 5.82 Å². The van der Waals surface area contributed by atoms with Crippen molar-refractivity contribution < 1.29 is 9.13 Å². The van der Waals surface area contributed by atoms with Gasteiger partial charge < -0.3 is 10.5 Å². The van der Waals surface area contributed by atoms with E-state index in [0.717, 1.165) is 6.42 Å². The molecule has 0 bridgehead atoms. The molecule has 2 N–H and O–H groups in total. The van der Waals surface area contributed by atoms with Gasteiger partial charge in [0.15, 0.2) is 0 Å². The Kier molecular flexibility index (Phi) is 3.71. The molecule has 0 fully saturated rings. The first-order chi connectivity index (χ1) is 6.24. The van der Waals surface area contributed by atoms with Gasteiger partial charge in [0.1, 0.15) is 5.82 Å². The second kappa shape index (κ2) is 4.82. The summed E-state index contributed by atoms with van der Waals surface area (Å²) < 4.78 is 18.3. The summed E-state index contributed by atoms with van der Waals surface area (Å²) in [6.07, 6.45) is 0.941. The second-order valence-corrected chi connectivity index (χ2v) is 2.90. The van der Waals surface area contributed by atoms with E-state index in [1.807, 2.05) is 6.92 Å². The summed E-state index contributed by atoms with van der Waals surface area (Å²) in [7, 11) is 0. The molecule has 0 saturated heterocycles. The fourth-order valence-electron chi connectivity index (χ4n) is 1.01. The van der Waals surface area contributed by atoms with Crippen molar-refractivity contribution in [3.8, 4) is 0 Å². The number of anilines is 1. The summed E-state index contributed by atoms with van der Waals surface area (Å²) >= 11 is 0. The van der Waals surface area contributed by atoms with Gasteiger partial charge in [0.2, 0.25) is 0 Å². The number of ether oxygens (including phenoxy) is 1. The van der Waals surface area contributed by atoms with Gasteiger partial charge in [-0.05, 0) is 18.6 Å². The van der Waals surface area contributed by atoms with Crippen molar-refractivity contribution in [1.82, 2.24) is 0 Å². The predicted molar refractivity (Wildman–Crippen MR) is 50.8 cm³/mol. The van der Waals surface area contributed by atoms with E-state index in [9.17, 15) is 4.39 Å². The number of nitrogens with two attached hydrogens (primary N) is 1. The lowest BCUT2D eigenvalue weighted by Gasteiger charge is -2.04. The lowest BCUT2D eigenvalue weighted by molar-refractivity contribution is 0.119. The molecule has 72 valence electrons. The van der Waals surface area contributed by atoms with Crippen LogP contribution in [0.1, 0.15) is 18.9 Å². The maximum atomic E-state index is 13.1. The van der Waals surface area contributed by atoms with Gasteiger partial charge in [-0.15, -0.1) is 0 Å². The number of halogens is 1. The molecule has 0 amide bonds. The first-order valence-electron chi connectivity index (χ1n) is 4.35. The molecule has 13 heavy (non-hydrogen) atoms. The molecule has 0 aliphatic heterocycles. The Labute approximate surface area is 77.5 Å². The van der Waals surface area contributed by atoms with E-state index in [1.165, 1.54) is 6.07 Å². The van der Waals surface area contributed by atoms with Gasteiger partial charge in [0.25, 0.3) is 0 Å². The molecule has 0 unspecified atom stereocenters. The van der Waals surface area contributed by atoms with Crippen molar-refractivity contribution in [2.75, 3.05) is 12.3 Å². The van der Waals surface area contributed by atoms with Crippen molar-refractivity contribution in [2.24, 2.45) is 0 Å². The predicted octanol–water partition coefficient (Wildman–Crippen LogP) is 2.33.